The normalized spacial score (nSPS) is 12.5. The molecule has 20 heavy (non-hydrogen) atoms. The maximum atomic E-state index is 10.6. The predicted octanol–water partition coefficient (Wildman–Crippen LogP) is 6.69. The molecule has 1 heteroatoms. The zero-order valence-electron chi connectivity index (χ0n) is 14.2. The largest absolute Gasteiger partial charge is 0.303 e. The third-order valence-corrected chi connectivity index (χ3v) is 4.34. The second-order valence-corrected chi connectivity index (χ2v) is 6.38. The Labute approximate surface area is 127 Å². The van der Waals surface area contributed by atoms with E-state index in [1.54, 1.807) is 0 Å². The van der Waals surface area contributed by atoms with Crippen LogP contribution < -0.4 is 0 Å². The standard InChI is InChI=1S/C19H38O/c1-3-5-6-7-8-9-10-11-12-13-14-16-19(15-4-2)17-18-20/h18-19H,3-17H2,1-2H3. The lowest BCUT2D eigenvalue weighted by molar-refractivity contribution is -0.108. The smallest absolute Gasteiger partial charge is 0.120 e. The topological polar surface area (TPSA) is 17.1 Å². The molecule has 1 unspecified atom stereocenters. The highest BCUT2D eigenvalue weighted by molar-refractivity contribution is 5.49. The summed E-state index contributed by atoms with van der Waals surface area (Å²) in [5.74, 6) is 0.663. The lowest BCUT2D eigenvalue weighted by Crippen LogP contribution is -2.00. The Morgan fingerprint density at radius 2 is 1.15 bits per heavy atom. The van der Waals surface area contributed by atoms with Crippen molar-refractivity contribution in [2.45, 2.75) is 110 Å². The van der Waals surface area contributed by atoms with E-state index in [0.29, 0.717) is 5.92 Å². The zero-order chi connectivity index (χ0) is 14.9. The molecule has 0 aliphatic heterocycles. The van der Waals surface area contributed by atoms with E-state index in [2.05, 4.69) is 13.8 Å². The van der Waals surface area contributed by atoms with Crippen molar-refractivity contribution in [2.24, 2.45) is 5.92 Å². The molecule has 0 saturated heterocycles. The number of aldehydes is 1. The number of carbonyl (C=O) groups excluding carboxylic acids is 1. The summed E-state index contributed by atoms with van der Waals surface area (Å²) in [5.41, 5.74) is 0. The summed E-state index contributed by atoms with van der Waals surface area (Å²) in [7, 11) is 0. The predicted molar refractivity (Wildman–Crippen MR) is 90.2 cm³/mol. The Balaban J connectivity index is 3.20. The van der Waals surface area contributed by atoms with E-state index in [1.807, 2.05) is 0 Å². The van der Waals surface area contributed by atoms with E-state index in [1.165, 1.54) is 89.9 Å². The van der Waals surface area contributed by atoms with Crippen LogP contribution in [-0.2, 0) is 4.79 Å². The van der Waals surface area contributed by atoms with E-state index in [-0.39, 0.29) is 0 Å². The highest BCUT2D eigenvalue weighted by atomic mass is 16.1. The van der Waals surface area contributed by atoms with E-state index in [0.717, 1.165) is 12.7 Å². The maximum Gasteiger partial charge on any atom is 0.120 e. The van der Waals surface area contributed by atoms with Gasteiger partial charge in [-0.05, 0) is 5.92 Å². The molecule has 0 bridgehead atoms. The maximum absolute atomic E-state index is 10.6. The van der Waals surface area contributed by atoms with Crippen molar-refractivity contribution in [1.82, 2.24) is 0 Å². The van der Waals surface area contributed by atoms with Gasteiger partial charge in [0, 0.05) is 6.42 Å². The van der Waals surface area contributed by atoms with Crippen LogP contribution in [0.15, 0.2) is 0 Å². The summed E-state index contributed by atoms with van der Waals surface area (Å²) in [5, 5.41) is 0. The van der Waals surface area contributed by atoms with Crippen molar-refractivity contribution >= 4 is 6.29 Å². The fraction of sp³-hybridized carbons (Fsp3) is 0.947. The Morgan fingerprint density at radius 3 is 1.60 bits per heavy atom. The summed E-state index contributed by atoms with van der Waals surface area (Å²) >= 11 is 0. The molecule has 0 spiro atoms. The van der Waals surface area contributed by atoms with Crippen LogP contribution in [0.1, 0.15) is 110 Å². The first-order valence-electron chi connectivity index (χ1n) is 9.28. The lowest BCUT2D eigenvalue weighted by Gasteiger charge is -2.12. The minimum absolute atomic E-state index is 0.663. The number of hydrogen-bond donors (Lipinski definition) is 0. The zero-order valence-corrected chi connectivity index (χ0v) is 14.2. The molecule has 0 rings (SSSR count). The number of rotatable bonds is 16. The van der Waals surface area contributed by atoms with Crippen LogP contribution in [0.5, 0.6) is 0 Å². The monoisotopic (exact) mass is 282 g/mol. The molecule has 0 aromatic heterocycles. The van der Waals surface area contributed by atoms with Crippen molar-refractivity contribution in [3.63, 3.8) is 0 Å². The Hall–Kier alpha value is -0.330. The Morgan fingerprint density at radius 1 is 0.650 bits per heavy atom. The van der Waals surface area contributed by atoms with Crippen molar-refractivity contribution in [3.05, 3.63) is 0 Å². The van der Waals surface area contributed by atoms with Gasteiger partial charge in [0.05, 0.1) is 0 Å². The van der Waals surface area contributed by atoms with E-state index < -0.39 is 0 Å². The van der Waals surface area contributed by atoms with Crippen LogP contribution in [0, 0.1) is 5.92 Å². The average molecular weight is 283 g/mol. The van der Waals surface area contributed by atoms with Gasteiger partial charge in [0.2, 0.25) is 0 Å². The van der Waals surface area contributed by atoms with Gasteiger partial charge >= 0.3 is 0 Å². The molecule has 0 aliphatic carbocycles. The summed E-state index contributed by atoms with van der Waals surface area (Å²) in [6, 6.07) is 0. The molecular formula is C19H38O. The molecule has 1 atom stereocenters. The van der Waals surface area contributed by atoms with Crippen LogP contribution in [-0.4, -0.2) is 6.29 Å². The van der Waals surface area contributed by atoms with Crippen molar-refractivity contribution in [1.29, 1.82) is 0 Å². The number of carbonyl (C=O) groups is 1. The van der Waals surface area contributed by atoms with Crippen molar-refractivity contribution in [3.8, 4) is 0 Å². The highest BCUT2D eigenvalue weighted by Gasteiger charge is 2.06. The molecule has 0 heterocycles. The molecule has 0 aliphatic rings. The van der Waals surface area contributed by atoms with Gasteiger partial charge in [0.1, 0.15) is 6.29 Å². The van der Waals surface area contributed by atoms with E-state index in [9.17, 15) is 4.79 Å². The molecule has 0 aromatic rings. The van der Waals surface area contributed by atoms with Gasteiger partial charge in [0.25, 0.3) is 0 Å². The van der Waals surface area contributed by atoms with Gasteiger partial charge in [-0.25, -0.2) is 0 Å². The molecule has 0 amide bonds. The molecule has 0 saturated carbocycles. The summed E-state index contributed by atoms with van der Waals surface area (Å²) in [6.07, 6.45) is 21.1. The molecule has 0 fully saturated rings. The second kappa shape index (κ2) is 16.7. The van der Waals surface area contributed by atoms with Gasteiger partial charge in [-0.1, -0.05) is 104 Å². The van der Waals surface area contributed by atoms with Crippen LogP contribution in [0.2, 0.25) is 0 Å². The first kappa shape index (κ1) is 19.7. The molecular weight excluding hydrogens is 244 g/mol. The first-order valence-corrected chi connectivity index (χ1v) is 9.28. The fourth-order valence-corrected chi connectivity index (χ4v) is 3.02. The third kappa shape index (κ3) is 14.1. The van der Waals surface area contributed by atoms with Gasteiger partial charge in [-0.2, -0.15) is 0 Å². The second-order valence-electron chi connectivity index (χ2n) is 6.38. The molecule has 0 aromatic carbocycles. The van der Waals surface area contributed by atoms with Crippen LogP contribution in [0.4, 0.5) is 0 Å². The molecule has 0 N–H and O–H groups in total. The Kier molecular flexibility index (Phi) is 16.4. The number of unbranched alkanes of at least 4 members (excludes halogenated alkanes) is 10. The molecule has 0 radical (unpaired) electrons. The van der Waals surface area contributed by atoms with Crippen molar-refractivity contribution in [2.75, 3.05) is 0 Å². The van der Waals surface area contributed by atoms with Crippen LogP contribution in [0.3, 0.4) is 0 Å². The van der Waals surface area contributed by atoms with E-state index in [4.69, 9.17) is 0 Å². The average Bonchev–Trinajstić information content (AvgIpc) is 2.45. The van der Waals surface area contributed by atoms with Gasteiger partial charge in [-0.15, -0.1) is 0 Å². The minimum Gasteiger partial charge on any atom is -0.303 e. The summed E-state index contributed by atoms with van der Waals surface area (Å²) in [6.45, 7) is 4.50. The van der Waals surface area contributed by atoms with Crippen LogP contribution >= 0.6 is 0 Å². The van der Waals surface area contributed by atoms with Crippen LogP contribution in [0.25, 0.3) is 0 Å². The highest BCUT2D eigenvalue weighted by Crippen LogP contribution is 2.19. The molecule has 120 valence electrons. The summed E-state index contributed by atoms with van der Waals surface area (Å²) in [4.78, 5) is 10.6. The van der Waals surface area contributed by atoms with E-state index >= 15 is 0 Å². The number of hydrogen-bond acceptors (Lipinski definition) is 1. The first-order chi connectivity index (χ1) is 9.85. The van der Waals surface area contributed by atoms with Gasteiger partial charge in [-0.3, -0.25) is 0 Å². The van der Waals surface area contributed by atoms with Crippen molar-refractivity contribution < 1.29 is 4.79 Å². The fourth-order valence-electron chi connectivity index (χ4n) is 3.02. The van der Waals surface area contributed by atoms with Gasteiger partial charge < -0.3 is 4.79 Å². The molecule has 1 nitrogen and oxygen atoms in total. The third-order valence-electron chi connectivity index (χ3n) is 4.34. The minimum atomic E-state index is 0.663. The SMILES string of the molecule is CCCCCCCCCCCCCC(CC=O)CCC. The van der Waals surface area contributed by atoms with Gasteiger partial charge in [0.15, 0.2) is 0 Å². The quantitative estimate of drug-likeness (QED) is 0.227. The summed E-state index contributed by atoms with van der Waals surface area (Å²) < 4.78 is 0. The Bertz CT molecular complexity index is 188. The lowest BCUT2D eigenvalue weighted by atomic mass is 9.93.